The Morgan fingerprint density at radius 2 is 1.81 bits per heavy atom. The smallest absolute Gasteiger partial charge is 0.112 e. The molecule has 0 aromatic carbocycles. The van der Waals surface area contributed by atoms with Crippen LogP contribution in [0.15, 0.2) is 0 Å². The second kappa shape index (κ2) is 4.26. The van der Waals surface area contributed by atoms with Crippen molar-refractivity contribution in [3.63, 3.8) is 0 Å². The summed E-state index contributed by atoms with van der Waals surface area (Å²) in [5, 5.41) is 0. The van der Waals surface area contributed by atoms with Gasteiger partial charge in [-0.25, -0.2) is 0 Å². The number of hydrogen-bond donors (Lipinski definition) is 0. The molecule has 0 aromatic heterocycles. The molecule has 0 amide bonds. The van der Waals surface area contributed by atoms with Crippen LogP contribution in [0.3, 0.4) is 0 Å². The topological polar surface area (TPSA) is 40.2 Å². The maximum Gasteiger partial charge on any atom is 0.112 e. The van der Waals surface area contributed by atoms with Gasteiger partial charge in [-0.3, -0.25) is 0 Å². The van der Waals surface area contributed by atoms with Crippen LogP contribution in [0.2, 0.25) is 0 Å². The molecular weight excluding hydrogens is 208 g/mol. The second-order valence-electron chi connectivity index (χ2n) is 5.33. The second-order valence-corrected chi connectivity index (χ2v) is 5.33. The van der Waals surface area contributed by atoms with E-state index in [4.69, 9.17) is 18.9 Å². The van der Waals surface area contributed by atoms with E-state index in [2.05, 4.69) is 13.8 Å². The van der Waals surface area contributed by atoms with E-state index in [9.17, 15) is 0 Å². The van der Waals surface area contributed by atoms with Crippen molar-refractivity contribution >= 4 is 0 Å². The van der Waals surface area contributed by atoms with Gasteiger partial charge in [-0.15, -0.1) is 0 Å². The van der Waals surface area contributed by atoms with Gasteiger partial charge in [0.25, 0.3) is 0 Å². The number of fused-ring (bicyclic) bond motifs is 1. The Morgan fingerprint density at radius 1 is 1.06 bits per heavy atom. The van der Waals surface area contributed by atoms with Gasteiger partial charge in [-0.05, 0) is 5.92 Å². The predicted molar refractivity (Wildman–Crippen MR) is 57.3 cm³/mol. The van der Waals surface area contributed by atoms with E-state index in [1.807, 2.05) is 0 Å². The zero-order chi connectivity index (χ0) is 11.1. The Morgan fingerprint density at radius 3 is 2.50 bits per heavy atom. The van der Waals surface area contributed by atoms with Crippen molar-refractivity contribution in [2.24, 2.45) is 11.8 Å². The molecule has 5 atom stereocenters. The molecule has 0 N–H and O–H groups in total. The third kappa shape index (κ3) is 1.99. The average molecular weight is 228 g/mol. The minimum atomic E-state index is 0.109. The van der Waals surface area contributed by atoms with Gasteiger partial charge in [0.05, 0.1) is 32.5 Å². The normalized spacial score (nSPS) is 46.3. The van der Waals surface area contributed by atoms with Crippen molar-refractivity contribution in [2.45, 2.75) is 38.3 Å². The van der Waals surface area contributed by atoms with Crippen LogP contribution < -0.4 is 0 Å². The van der Waals surface area contributed by atoms with Crippen LogP contribution in [0.25, 0.3) is 0 Å². The summed E-state index contributed by atoms with van der Waals surface area (Å²) in [4.78, 5) is 0. The van der Waals surface area contributed by atoms with Crippen molar-refractivity contribution in [2.75, 3.05) is 26.4 Å². The van der Waals surface area contributed by atoms with Gasteiger partial charge in [0, 0.05) is 5.92 Å². The summed E-state index contributed by atoms with van der Waals surface area (Å²) in [6, 6.07) is 0. The Kier molecular flexibility index (Phi) is 2.92. The lowest BCUT2D eigenvalue weighted by atomic mass is 9.90. The molecule has 0 spiro atoms. The van der Waals surface area contributed by atoms with Crippen LogP contribution in [0, 0.1) is 11.8 Å². The molecule has 4 nitrogen and oxygen atoms in total. The molecule has 3 rings (SSSR count). The molecule has 1 unspecified atom stereocenters. The summed E-state index contributed by atoms with van der Waals surface area (Å²) in [7, 11) is 0. The van der Waals surface area contributed by atoms with Crippen molar-refractivity contribution in [3.8, 4) is 0 Å². The molecule has 4 heteroatoms. The fourth-order valence-corrected chi connectivity index (χ4v) is 2.60. The minimum Gasteiger partial charge on any atom is -0.372 e. The number of hydrogen-bond acceptors (Lipinski definition) is 4. The average Bonchev–Trinajstić information content (AvgIpc) is 2.84. The zero-order valence-electron chi connectivity index (χ0n) is 9.93. The van der Waals surface area contributed by atoms with E-state index >= 15 is 0 Å². The van der Waals surface area contributed by atoms with E-state index in [0.29, 0.717) is 31.2 Å². The van der Waals surface area contributed by atoms with Gasteiger partial charge in [0.2, 0.25) is 0 Å². The molecule has 3 aliphatic rings. The first-order valence-corrected chi connectivity index (χ1v) is 6.22. The minimum absolute atomic E-state index is 0.109. The van der Waals surface area contributed by atoms with Gasteiger partial charge in [-0.1, -0.05) is 13.8 Å². The fourth-order valence-electron chi connectivity index (χ4n) is 2.60. The molecule has 0 bridgehead atoms. The molecule has 0 aromatic rings. The fraction of sp³-hybridized carbons (Fsp3) is 1.00. The Bertz CT molecular complexity index is 251. The SMILES string of the molecule is CC(C)[C@@H]1CO[C@H]2[C@@H]1OC[C@@H]2OCC1CO1. The van der Waals surface area contributed by atoms with Gasteiger partial charge in [0.1, 0.15) is 18.3 Å². The molecule has 3 saturated heterocycles. The van der Waals surface area contributed by atoms with E-state index in [1.54, 1.807) is 0 Å². The maximum absolute atomic E-state index is 5.83. The largest absolute Gasteiger partial charge is 0.372 e. The first-order chi connectivity index (χ1) is 7.75. The van der Waals surface area contributed by atoms with Gasteiger partial charge in [0.15, 0.2) is 0 Å². The lowest BCUT2D eigenvalue weighted by Crippen LogP contribution is -2.33. The van der Waals surface area contributed by atoms with E-state index in [1.165, 1.54) is 0 Å². The Hall–Kier alpha value is -0.160. The lowest BCUT2D eigenvalue weighted by Gasteiger charge is -2.19. The Balaban J connectivity index is 1.55. The molecule has 0 radical (unpaired) electrons. The predicted octanol–water partition coefficient (Wildman–Crippen LogP) is 0.840. The number of ether oxygens (including phenoxy) is 4. The van der Waals surface area contributed by atoms with Crippen LogP contribution in [-0.2, 0) is 18.9 Å². The third-order valence-corrected chi connectivity index (χ3v) is 3.80. The maximum atomic E-state index is 5.83. The highest BCUT2D eigenvalue weighted by Crippen LogP contribution is 2.36. The molecule has 3 fully saturated rings. The van der Waals surface area contributed by atoms with Crippen LogP contribution in [0.5, 0.6) is 0 Å². The summed E-state index contributed by atoms with van der Waals surface area (Å²) in [5.41, 5.74) is 0. The molecule has 0 aliphatic carbocycles. The van der Waals surface area contributed by atoms with E-state index in [-0.39, 0.29) is 18.3 Å². The van der Waals surface area contributed by atoms with Crippen LogP contribution >= 0.6 is 0 Å². The summed E-state index contributed by atoms with van der Waals surface area (Å²) < 4.78 is 22.6. The van der Waals surface area contributed by atoms with E-state index in [0.717, 1.165) is 13.2 Å². The van der Waals surface area contributed by atoms with Crippen molar-refractivity contribution < 1.29 is 18.9 Å². The molecule has 92 valence electrons. The van der Waals surface area contributed by atoms with Crippen LogP contribution in [0.1, 0.15) is 13.8 Å². The van der Waals surface area contributed by atoms with Crippen LogP contribution in [-0.4, -0.2) is 50.8 Å². The zero-order valence-corrected chi connectivity index (χ0v) is 9.93. The standard InChI is InChI=1S/C12H20O4/c1-7(2)9-5-15-12-10(6-16-11(9)12)14-4-8-3-13-8/h7-12H,3-6H2,1-2H3/t8?,9-,10-,11+,12+/m0/s1. The highest BCUT2D eigenvalue weighted by Gasteiger charge is 2.49. The number of epoxide rings is 1. The summed E-state index contributed by atoms with van der Waals surface area (Å²) >= 11 is 0. The molecule has 3 aliphatic heterocycles. The van der Waals surface area contributed by atoms with Crippen molar-refractivity contribution in [3.05, 3.63) is 0 Å². The summed E-state index contributed by atoms with van der Waals surface area (Å²) in [6.45, 7) is 7.47. The monoisotopic (exact) mass is 228 g/mol. The van der Waals surface area contributed by atoms with Gasteiger partial charge < -0.3 is 18.9 Å². The van der Waals surface area contributed by atoms with Crippen LogP contribution in [0.4, 0.5) is 0 Å². The lowest BCUT2D eigenvalue weighted by molar-refractivity contribution is -0.0373. The first kappa shape index (κ1) is 11.0. The van der Waals surface area contributed by atoms with E-state index < -0.39 is 0 Å². The van der Waals surface area contributed by atoms with Crippen molar-refractivity contribution in [1.82, 2.24) is 0 Å². The van der Waals surface area contributed by atoms with Crippen molar-refractivity contribution in [1.29, 1.82) is 0 Å². The van der Waals surface area contributed by atoms with Gasteiger partial charge in [-0.2, -0.15) is 0 Å². The molecule has 16 heavy (non-hydrogen) atoms. The van der Waals surface area contributed by atoms with Gasteiger partial charge >= 0.3 is 0 Å². The quantitative estimate of drug-likeness (QED) is 0.669. The molecule has 3 heterocycles. The third-order valence-electron chi connectivity index (χ3n) is 3.80. The summed E-state index contributed by atoms with van der Waals surface area (Å²) in [6.07, 6.45) is 0.815. The highest BCUT2D eigenvalue weighted by molar-refractivity contribution is 4.96. The number of rotatable bonds is 4. The molecular formula is C12H20O4. The molecule has 0 saturated carbocycles. The highest BCUT2D eigenvalue weighted by atomic mass is 16.6. The Labute approximate surface area is 96.2 Å². The summed E-state index contributed by atoms with van der Waals surface area (Å²) in [5.74, 6) is 1.14. The first-order valence-electron chi connectivity index (χ1n) is 6.22.